The monoisotopic (exact) mass is 355 g/mol. The summed E-state index contributed by atoms with van der Waals surface area (Å²) in [6.07, 6.45) is 1.86. The van der Waals surface area contributed by atoms with Crippen LogP contribution >= 0.6 is 12.2 Å². The van der Waals surface area contributed by atoms with Crippen LogP contribution < -0.4 is 5.32 Å². The highest BCUT2D eigenvalue weighted by Gasteiger charge is 2.25. The van der Waals surface area contributed by atoms with Crippen LogP contribution in [0.5, 0.6) is 0 Å². The van der Waals surface area contributed by atoms with Crippen LogP contribution in [0, 0.1) is 5.82 Å². The van der Waals surface area contributed by atoms with Crippen LogP contribution in [0.2, 0.25) is 0 Å². The molecular formula is C19H18FN3OS. The molecule has 1 aromatic heterocycles. The summed E-state index contributed by atoms with van der Waals surface area (Å²) < 4.78 is 19.2. The number of hydrogen-bond acceptors (Lipinski definition) is 3. The molecule has 0 radical (unpaired) electrons. The predicted molar refractivity (Wildman–Crippen MR) is 100 cm³/mol. The van der Waals surface area contributed by atoms with Crippen molar-refractivity contribution in [3.05, 3.63) is 60.2 Å². The number of benzene rings is 2. The van der Waals surface area contributed by atoms with Crippen LogP contribution in [-0.2, 0) is 0 Å². The number of rotatable bonds is 2. The molecule has 0 saturated carbocycles. The average molecular weight is 355 g/mol. The Balaban J connectivity index is 1.38. The van der Waals surface area contributed by atoms with Crippen molar-refractivity contribution in [2.45, 2.75) is 18.8 Å². The summed E-state index contributed by atoms with van der Waals surface area (Å²) in [4.78, 5) is 6.72. The maximum Gasteiger partial charge on any atom is 0.198 e. The lowest BCUT2D eigenvalue weighted by Crippen LogP contribution is -2.40. The van der Waals surface area contributed by atoms with Gasteiger partial charge in [0.2, 0.25) is 0 Å². The highest BCUT2D eigenvalue weighted by molar-refractivity contribution is 7.80. The van der Waals surface area contributed by atoms with Crippen LogP contribution in [0.15, 0.2) is 52.9 Å². The minimum Gasteiger partial charge on any atom is -0.440 e. The van der Waals surface area contributed by atoms with Gasteiger partial charge in [0.15, 0.2) is 16.6 Å². The van der Waals surface area contributed by atoms with Gasteiger partial charge in [0.05, 0.1) is 0 Å². The lowest BCUT2D eigenvalue weighted by Gasteiger charge is -2.32. The Morgan fingerprint density at radius 1 is 1.16 bits per heavy atom. The summed E-state index contributed by atoms with van der Waals surface area (Å²) >= 11 is 5.46. The Hall–Kier alpha value is -2.47. The van der Waals surface area contributed by atoms with Gasteiger partial charge in [-0.25, -0.2) is 9.37 Å². The molecule has 3 aromatic rings. The van der Waals surface area contributed by atoms with E-state index in [1.165, 1.54) is 12.1 Å². The summed E-state index contributed by atoms with van der Waals surface area (Å²) in [7, 11) is 0. The third-order valence-electron chi connectivity index (χ3n) is 4.52. The molecule has 2 aromatic carbocycles. The standard InChI is InChI=1S/C19H18FN3OS/c20-14-4-3-5-15(12-14)21-19(25)23-10-8-13(9-11-23)18-22-16-6-1-2-7-17(16)24-18/h1-7,12-13H,8-11H2,(H,21,25). The summed E-state index contributed by atoms with van der Waals surface area (Å²) in [6.45, 7) is 1.65. The molecule has 0 atom stereocenters. The second kappa shape index (κ2) is 6.80. The van der Waals surface area contributed by atoms with Gasteiger partial charge in [-0.2, -0.15) is 0 Å². The zero-order chi connectivity index (χ0) is 17.2. The quantitative estimate of drug-likeness (QED) is 0.683. The normalized spacial score (nSPS) is 15.5. The highest BCUT2D eigenvalue weighted by atomic mass is 32.1. The van der Waals surface area contributed by atoms with Gasteiger partial charge < -0.3 is 14.6 Å². The van der Waals surface area contributed by atoms with E-state index in [0.29, 0.717) is 16.7 Å². The number of piperidine rings is 1. The Morgan fingerprint density at radius 3 is 2.72 bits per heavy atom. The van der Waals surface area contributed by atoms with Gasteiger partial charge in [-0.1, -0.05) is 18.2 Å². The van der Waals surface area contributed by atoms with Crippen molar-refractivity contribution < 1.29 is 8.81 Å². The number of para-hydroxylation sites is 2. The molecule has 4 rings (SSSR count). The number of likely N-dealkylation sites (tertiary alicyclic amines) is 1. The molecule has 4 nitrogen and oxygen atoms in total. The zero-order valence-electron chi connectivity index (χ0n) is 13.6. The maximum absolute atomic E-state index is 13.3. The second-order valence-electron chi connectivity index (χ2n) is 6.22. The fourth-order valence-corrected chi connectivity index (χ4v) is 3.46. The Labute approximate surface area is 150 Å². The average Bonchev–Trinajstić information content (AvgIpc) is 3.06. The van der Waals surface area contributed by atoms with Crippen LogP contribution in [0.25, 0.3) is 11.1 Å². The minimum atomic E-state index is -0.275. The van der Waals surface area contributed by atoms with Gasteiger partial charge in [-0.05, 0) is 55.4 Å². The zero-order valence-corrected chi connectivity index (χ0v) is 14.4. The minimum absolute atomic E-state index is 0.275. The van der Waals surface area contributed by atoms with Gasteiger partial charge in [0.25, 0.3) is 0 Å². The third-order valence-corrected chi connectivity index (χ3v) is 4.88. The first-order chi connectivity index (χ1) is 12.2. The van der Waals surface area contributed by atoms with Crippen molar-refractivity contribution in [2.75, 3.05) is 18.4 Å². The third kappa shape index (κ3) is 3.49. The Bertz CT molecular complexity index is 869. The molecule has 6 heteroatoms. The number of aromatic nitrogens is 1. The summed E-state index contributed by atoms with van der Waals surface area (Å²) in [5, 5.41) is 3.73. The highest BCUT2D eigenvalue weighted by Crippen LogP contribution is 2.30. The van der Waals surface area contributed by atoms with E-state index in [2.05, 4.69) is 15.2 Å². The van der Waals surface area contributed by atoms with Crippen LogP contribution in [0.1, 0.15) is 24.7 Å². The van der Waals surface area contributed by atoms with Crippen LogP contribution in [-0.4, -0.2) is 28.1 Å². The first-order valence-electron chi connectivity index (χ1n) is 8.36. The van der Waals surface area contributed by atoms with E-state index in [4.69, 9.17) is 16.6 Å². The molecule has 0 spiro atoms. The molecule has 0 unspecified atom stereocenters. The van der Waals surface area contributed by atoms with E-state index < -0.39 is 0 Å². The topological polar surface area (TPSA) is 41.3 Å². The molecule has 0 aliphatic carbocycles. The number of anilines is 1. The first kappa shape index (κ1) is 16.0. The van der Waals surface area contributed by atoms with Gasteiger partial charge in [0.1, 0.15) is 11.3 Å². The molecule has 25 heavy (non-hydrogen) atoms. The van der Waals surface area contributed by atoms with E-state index in [1.807, 2.05) is 24.3 Å². The number of hydrogen-bond donors (Lipinski definition) is 1. The smallest absolute Gasteiger partial charge is 0.198 e. The largest absolute Gasteiger partial charge is 0.440 e. The number of nitrogens with one attached hydrogen (secondary N) is 1. The number of thiocarbonyl (C=S) groups is 1. The predicted octanol–water partition coefficient (Wildman–Crippen LogP) is 4.54. The van der Waals surface area contributed by atoms with Crippen molar-refractivity contribution in [2.24, 2.45) is 0 Å². The van der Waals surface area contributed by atoms with Gasteiger partial charge in [0, 0.05) is 24.7 Å². The molecule has 1 aliphatic rings. The Kier molecular flexibility index (Phi) is 4.36. The number of halogens is 1. The fourth-order valence-electron chi connectivity index (χ4n) is 3.16. The molecule has 1 saturated heterocycles. The summed E-state index contributed by atoms with van der Waals surface area (Å²) in [5.41, 5.74) is 2.41. The molecular weight excluding hydrogens is 337 g/mol. The van der Waals surface area contributed by atoms with E-state index >= 15 is 0 Å². The molecule has 0 amide bonds. The molecule has 1 aliphatic heterocycles. The number of oxazole rings is 1. The lowest BCUT2D eigenvalue weighted by atomic mass is 9.97. The molecule has 2 heterocycles. The summed E-state index contributed by atoms with van der Waals surface area (Å²) in [5.74, 6) is 0.841. The molecule has 128 valence electrons. The van der Waals surface area contributed by atoms with Gasteiger partial charge in [-0.3, -0.25) is 0 Å². The van der Waals surface area contributed by atoms with Crippen LogP contribution in [0.4, 0.5) is 10.1 Å². The maximum atomic E-state index is 13.3. The van der Waals surface area contributed by atoms with E-state index in [0.717, 1.165) is 42.9 Å². The molecule has 1 fully saturated rings. The SMILES string of the molecule is Fc1cccc(NC(=S)N2CCC(c3nc4ccccc4o3)CC2)c1. The molecule has 1 N–H and O–H groups in total. The summed E-state index contributed by atoms with van der Waals surface area (Å²) in [6, 6.07) is 14.2. The van der Waals surface area contributed by atoms with Gasteiger partial charge >= 0.3 is 0 Å². The van der Waals surface area contributed by atoms with E-state index in [1.54, 1.807) is 12.1 Å². The van der Waals surface area contributed by atoms with Gasteiger partial charge in [-0.15, -0.1) is 0 Å². The number of nitrogens with zero attached hydrogens (tertiary/aromatic N) is 2. The van der Waals surface area contributed by atoms with Crippen molar-refractivity contribution >= 4 is 34.1 Å². The Morgan fingerprint density at radius 2 is 1.96 bits per heavy atom. The van der Waals surface area contributed by atoms with Crippen molar-refractivity contribution in [3.63, 3.8) is 0 Å². The first-order valence-corrected chi connectivity index (χ1v) is 8.77. The molecule has 0 bridgehead atoms. The van der Waals surface area contributed by atoms with Crippen molar-refractivity contribution in [1.82, 2.24) is 9.88 Å². The van der Waals surface area contributed by atoms with Crippen molar-refractivity contribution in [1.29, 1.82) is 0 Å². The second-order valence-corrected chi connectivity index (χ2v) is 6.61. The fraction of sp³-hybridized carbons (Fsp3) is 0.263. The lowest BCUT2D eigenvalue weighted by molar-refractivity contribution is 0.290. The van der Waals surface area contributed by atoms with Crippen LogP contribution in [0.3, 0.4) is 0 Å². The van der Waals surface area contributed by atoms with Crippen molar-refractivity contribution in [3.8, 4) is 0 Å². The van der Waals surface area contributed by atoms with E-state index in [-0.39, 0.29) is 5.82 Å². The van der Waals surface area contributed by atoms with E-state index in [9.17, 15) is 4.39 Å². The number of fused-ring (bicyclic) bond motifs is 1.